The second kappa shape index (κ2) is 8.70. The average molecular weight is 381 g/mol. The van der Waals surface area contributed by atoms with Crippen molar-refractivity contribution < 1.29 is 13.2 Å². The first-order valence-corrected chi connectivity index (χ1v) is 11.1. The fraction of sp³-hybridized carbons (Fsp3) is 0.667. The van der Waals surface area contributed by atoms with E-state index in [9.17, 15) is 13.2 Å². The first-order valence-electron chi connectivity index (χ1n) is 9.58. The molecule has 0 unspecified atom stereocenters. The number of pyridine rings is 1. The normalized spacial score (nSPS) is 19.6. The largest absolute Gasteiger partial charge is 0.381 e. The van der Waals surface area contributed by atoms with Gasteiger partial charge in [0.1, 0.15) is 4.90 Å². The maximum Gasteiger partial charge on any atom is 0.331 e. The van der Waals surface area contributed by atoms with Crippen molar-refractivity contribution >= 4 is 21.7 Å². The summed E-state index contributed by atoms with van der Waals surface area (Å²) < 4.78 is 27.8. The molecule has 0 atom stereocenters. The summed E-state index contributed by atoms with van der Waals surface area (Å²) in [5.41, 5.74) is 0.517. The molecular weight excluding hydrogens is 352 g/mol. The summed E-state index contributed by atoms with van der Waals surface area (Å²) in [4.78, 5) is 18.0. The first-order chi connectivity index (χ1) is 12.6. The third kappa shape index (κ3) is 4.87. The number of carbonyl (C=O) groups excluding carboxylic acids is 1. The minimum absolute atomic E-state index is 0.0359. The number of hydrogen-bond donors (Lipinski definition) is 2. The molecule has 1 saturated carbocycles. The highest BCUT2D eigenvalue weighted by Crippen LogP contribution is 2.25. The monoisotopic (exact) mass is 380 g/mol. The Morgan fingerprint density at radius 1 is 1.04 bits per heavy atom. The van der Waals surface area contributed by atoms with Crippen LogP contribution in [0.5, 0.6) is 0 Å². The maximum absolute atomic E-state index is 12.8. The van der Waals surface area contributed by atoms with Crippen molar-refractivity contribution in [2.45, 2.75) is 68.7 Å². The Kier molecular flexibility index (Phi) is 6.34. The van der Waals surface area contributed by atoms with Crippen LogP contribution >= 0.6 is 0 Å². The Bertz CT molecular complexity index is 709. The van der Waals surface area contributed by atoms with Crippen molar-refractivity contribution in [1.82, 2.24) is 14.6 Å². The number of hydrogen-bond acceptors (Lipinski definition) is 5. The SMILES string of the molecule is O=C(NS(=O)(=O)c1cnccc1NC1CCCCC1)N1CCCCCC1. The predicted molar refractivity (Wildman–Crippen MR) is 100 cm³/mol. The van der Waals surface area contributed by atoms with Gasteiger partial charge in [0.05, 0.1) is 5.69 Å². The standard InChI is InChI=1S/C18H28N4O3S/c23-18(22-12-6-1-2-7-13-22)21-26(24,25)17-14-19-11-10-16(17)20-15-8-4-3-5-9-15/h10-11,14-15H,1-9,12-13H2,(H,19,20)(H,21,23). The number of nitrogens with zero attached hydrogens (tertiary/aromatic N) is 2. The van der Waals surface area contributed by atoms with E-state index in [4.69, 9.17) is 0 Å². The molecule has 2 aliphatic rings. The van der Waals surface area contributed by atoms with Crippen molar-refractivity contribution in [3.8, 4) is 0 Å². The molecule has 2 heterocycles. The topological polar surface area (TPSA) is 91.4 Å². The Labute approximate surface area is 155 Å². The van der Waals surface area contributed by atoms with E-state index in [2.05, 4.69) is 15.0 Å². The van der Waals surface area contributed by atoms with E-state index < -0.39 is 16.1 Å². The number of aromatic nitrogens is 1. The van der Waals surface area contributed by atoms with Crippen molar-refractivity contribution in [3.63, 3.8) is 0 Å². The molecule has 0 aromatic carbocycles. The second-order valence-corrected chi connectivity index (χ2v) is 8.81. The molecule has 1 aliphatic heterocycles. The number of rotatable bonds is 4. The molecule has 7 nitrogen and oxygen atoms in total. The molecule has 1 aromatic rings. The van der Waals surface area contributed by atoms with Crippen LogP contribution in [-0.2, 0) is 10.0 Å². The lowest BCUT2D eigenvalue weighted by Gasteiger charge is -2.25. The number of anilines is 1. The maximum atomic E-state index is 12.8. The fourth-order valence-electron chi connectivity index (χ4n) is 3.69. The molecule has 0 radical (unpaired) electrons. The van der Waals surface area contributed by atoms with Crippen molar-refractivity contribution in [2.75, 3.05) is 18.4 Å². The van der Waals surface area contributed by atoms with Gasteiger partial charge in [-0.3, -0.25) is 4.98 Å². The van der Waals surface area contributed by atoms with Gasteiger partial charge in [0.2, 0.25) is 0 Å². The Balaban J connectivity index is 1.72. The first kappa shape index (κ1) is 18.9. The average Bonchev–Trinajstić information content (AvgIpc) is 2.92. The number of carbonyl (C=O) groups is 1. The summed E-state index contributed by atoms with van der Waals surface area (Å²) >= 11 is 0. The molecule has 2 amide bonds. The van der Waals surface area contributed by atoms with Crippen molar-refractivity contribution in [2.24, 2.45) is 0 Å². The molecule has 2 N–H and O–H groups in total. The molecule has 0 spiro atoms. The zero-order valence-corrected chi connectivity index (χ0v) is 15.9. The minimum atomic E-state index is -3.97. The Morgan fingerprint density at radius 2 is 1.69 bits per heavy atom. The van der Waals surface area contributed by atoms with Crippen LogP contribution in [0.15, 0.2) is 23.4 Å². The molecule has 26 heavy (non-hydrogen) atoms. The highest BCUT2D eigenvalue weighted by atomic mass is 32.2. The highest BCUT2D eigenvalue weighted by Gasteiger charge is 2.26. The van der Waals surface area contributed by atoms with E-state index in [1.807, 2.05) is 0 Å². The van der Waals surface area contributed by atoms with Gasteiger partial charge < -0.3 is 10.2 Å². The minimum Gasteiger partial charge on any atom is -0.381 e. The Morgan fingerprint density at radius 3 is 2.38 bits per heavy atom. The molecule has 1 aliphatic carbocycles. The van der Waals surface area contributed by atoms with E-state index in [0.29, 0.717) is 18.8 Å². The second-order valence-electron chi connectivity index (χ2n) is 7.16. The van der Waals surface area contributed by atoms with Gasteiger partial charge in [-0.25, -0.2) is 17.9 Å². The van der Waals surface area contributed by atoms with Crippen molar-refractivity contribution in [1.29, 1.82) is 0 Å². The summed E-state index contributed by atoms with van der Waals surface area (Å²) in [7, 11) is -3.97. The molecule has 2 fully saturated rings. The predicted octanol–water partition coefficient (Wildman–Crippen LogP) is 3.10. The summed E-state index contributed by atoms with van der Waals surface area (Å²) in [5, 5.41) is 3.33. The van der Waals surface area contributed by atoms with Crippen LogP contribution in [0.4, 0.5) is 10.5 Å². The fourth-order valence-corrected chi connectivity index (χ4v) is 4.77. The van der Waals surface area contributed by atoms with Gasteiger partial charge in [-0.15, -0.1) is 0 Å². The van der Waals surface area contributed by atoms with Crippen LogP contribution in [0.1, 0.15) is 57.8 Å². The molecule has 144 valence electrons. The van der Waals surface area contributed by atoms with E-state index >= 15 is 0 Å². The Hall–Kier alpha value is -1.83. The van der Waals surface area contributed by atoms with E-state index in [1.54, 1.807) is 17.2 Å². The van der Waals surface area contributed by atoms with Gasteiger partial charge in [0.15, 0.2) is 0 Å². The smallest absolute Gasteiger partial charge is 0.331 e. The lowest BCUT2D eigenvalue weighted by molar-refractivity contribution is 0.206. The van der Waals surface area contributed by atoms with Crippen LogP contribution in [0.2, 0.25) is 0 Å². The molecule has 0 bridgehead atoms. The van der Waals surface area contributed by atoms with E-state index in [-0.39, 0.29) is 10.9 Å². The number of likely N-dealkylation sites (tertiary alicyclic amines) is 1. The van der Waals surface area contributed by atoms with Gasteiger partial charge in [-0.1, -0.05) is 32.1 Å². The molecule has 1 saturated heterocycles. The zero-order chi connectivity index (χ0) is 18.4. The van der Waals surface area contributed by atoms with Crippen LogP contribution < -0.4 is 10.0 Å². The quantitative estimate of drug-likeness (QED) is 0.837. The van der Waals surface area contributed by atoms with Crippen LogP contribution in [0.3, 0.4) is 0 Å². The molecule has 8 heteroatoms. The van der Waals surface area contributed by atoms with Gasteiger partial charge in [0, 0.05) is 31.5 Å². The third-order valence-corrected chi connectivity index (χ3v) is 6.50. The van der Waals surface area contributed by atoms with E-state index in [0.717, 1.165) is 51.4 Å². The summed E-state index contributed by atoms with van der Waals surface area (Å²) in [5.74, 6) is 0. The summed E-state index contributed by atoms with van der Waals surface area (Å²) in [6.45, 7) is 1.20. The van der Waals surface area contributed by atoms with Crippen LogP contribution in [0.25, 0.3) is 0 Å². The number of urea groups is 1. The van der Waals surface area contributed by atoms with Crippen molar-refractivity contribution in [3.05, 3.63) is 18.5 Å². The van der Waals surface area contributed by atoms with Gasteiger partial charge in [0.25, 0.3) is 10.0 Å². The third-order valence-electron chi connectivity index (χ3n) is 5.15. The number of sulfonamides is 1. The summed E-state index contributed by atoms with van der Waals surface area (Å²) in [6, 6.07) is 1.39. The van der Waals surface area contributed by atoms with Gasteiger partial charge >= 0.3 is 6.03 Å². The van der Waals surface area contributed by atoms with Crippen LogP contribution in [0, 0.1) is 0 Å². The zero-order valence-electron chi connectivity index (χ0n) is 15.1. The molecule has 1 aromatic heterocycles. The van der Waals surface area contributed by atoms with Crippen LogP contribution in [-0.4, -0.2) is 43.5 Å². The lowest BCUT2D eigenvalue weighted by Crippen LogP contribution is -2.43. The van der Waals surface area contributed by atoms with E-state index in [1.165, 1.54) is 12.6 Å². The summed E-state index contributed by atoms with van der Waals surface area (Å²) in [6.07, 6.45) is 12.4. The molecule has 3 rings (SSSR count). The van der Waals surface area contributed by atoms with Gasteiger partial charge in [-0.2, -0.15) is 0 Å². The lowest BCUT2D eigenvalue weighted by atomic mass is 9.95. The van der Waals surface area contributed by atoms with Gasteiger partial charge in [-0.05, 0) is 31.7 Å². The highest BCUT2D eigenvalue weighted by molar-refractivity contribution is 7.90. The number of nitrogens with one attached hydrogen (secondary N) is 2. The molecular formula is C18H28N4O3S. The number of amides is 2.